The fourth-order valence-corrected chi connectivity index (χ4v) is 5.25. The molecule has 0 spiro atoms. The second-order valence-electron chi connectivity index (χ2n) is 11.2. The SMILES string of the molecule is CN1CCc2c1nc1ccccc1c2NC(=O)CSc1cc(C(C)(C)C)c(O)c(C(C)(C)C)c1. The molecule has 4 rings (SSSR count). The number of nitrogens with one attached hydrogen (secondary N) is 1. The van der Waals surface area contributed by atoms with Gasteiger partial charge in [-0.2, -0.15) is 0 Å². The van der Waals surface area contributed by atoms with E-state index in [0.717, 1.165) is 57.0 Å². The third-order valence-corrected chi connectivity index (χ3v) is 7.34. The number of anilines is 2. The summed E-state index contributed by atoms with van der Waals surface area (Å²) >= 11 is 1.51. The molecule has 34 heavy (non-hydrogen) atoms. The Hall–Kier alpha value is -2.73. The number of aromatic hydroxyl groups is 1. The number of carbonyl (C=O) groups is 1. The summed E-state index contributed by atoms with van der Waals surface area (Å²) in [4.78, 5) is 21.1. The van der Waals surface area contributed by atoms with Gasteiger partial charge >= 0.3 is 0 Å². The number of hydrogen-bond donors (Lipinski definition) is 2. The van der Waals surface area contributed by atoms with Crippen LogP contribution in [0.15, 0.2) is 41.3 Å². The quantitative estimate of drug-likeness (QED) is 0.434. The molecule has 0 atom stereocenters. The molecule has 0 bridgehead atoms. The first kappa shape index (κ1) is 24.4. The van der Waals surface area contributed by atoms with Crippen molar-refractivity contribution in [2.45, 2.75) is 63.7 Å². The molecule has 0 unspecified atom stereocenters. The number of aromatic nitrogens is 1. The zero-order valence-electron chi connectivity index (χ0n) is 21.2. The molecule has 0 saturated carbocycles. The molecule has 1 amide bonds. The lowest BCUT2D eigenvalue weighted by Gasteiger charge is -2.28. The number of benzene rings is 2. The Morgan fingerprint density at radius 3 is 2.32 bits per heavy atom. The number of thioether (sulfide) groups is 1. The summed E-state index contributed by atoms with van der Waals surface area (Å²) in [6.45, 7) is 13.5. The maximum atomic E-state index is 13.1. The van der Waals surface area contributed by atoms with Gasteiger partial charge in [0.15, 0.2) is 0 Å². The minimum absolute atomic E-state index is 0.0409. The second-order valence-corrected chi connectivity index (χ2v) is 12.2. The van der Waals surface area contributed by atoms with Gasteiger partial charge in [-0.1, -0.05) is 59.7 Å². The summed E-state index contributed by atoms with van der Waals surface area (Å²) < 4.78 is 0. The number of phenolic OH excluding ortho intramolecular Hbond substituents is 1. The molecule has 1 aromatic heterocycles. The van der Waals surface area contributed by atoms with Crippen molar-refractivity contribution >= 4 is 40.1 Å². The van der Waals surface area contributed by atoms with E-state index in [1.54, 1.807) is 0 Å². The van der Waals surface area contributed by atoms with E-state index in [1.807, 2.05) is 43.4 Å². The first-order valence-corrected chi connectivity index (χ1v) is 12.8. The summed E-state index contributed by atoms with van der Waals surface area (Å²) in [6.07, 6.45) is 0.869. The highest BCUT2D eigenvalue weighted by Gasteiger charge is 2.27. The van der Waals surface area contributed by atoms with E-state index in [9.17, 15) is 9.90 Å². The van der Waals surface area contributed by atoms with Gasteiger partial charge in [0.2, 0.25) is 5.91 Å². The van der Waals surface area contributed by atoms with Crippen LogP contribution in [0.2, 0.25) is 0 Å². The summed E-state index contributed by atoms with van der Waals surface area (Å²) in [5, 5.41) is 15.1. The van der Waals surface area contributed by atoms with Crippen molar-refractivity contribution in [3.63, 3.8) is 0 Å². The second kappa shape index (κ2) is 8.81. The van der Waals surface area contributed by atoms with E-state index in [4.69, 9.17) is 4.98 Å². The van der Waals surface area contributed by atoms with Gasteiger partial charge < -0.3 is 15.3 Å². The smallest absolute Gasteiger partial charge is 0.234 e. The van der Waals surface area contributed by atoms with Crippen molar-refractivity contribution in [2.75, 3.05) is 29.6 Å². The van der Waals surface area contributed by atoms with Crippen LogP contribution in [0, 0.1) is 0 Å². The maximum Gasteiger partial charge on any atom is 0.234 e. The Labute approximate surface area is 207 Å². The normalized spacial score (nSPS) is 13.9. The maximum absolute atomic E-state index is 13.1. The molecular formula is C28H35N3O2S. The molecule has 1 aliphatic heterocycles. The number of hydrogen-bond acceptors (Lipinski definition) is 5. The van der Waals surface area contributed by atoms with Crippen molar-refractivity contribution in [1.29, 1.82) is 0 Å². The third-order valence-electron chi connectivity index (χ3n) is 6.36. The summed E-state index contributed by atoms with van der Waals surface area (Å²) in [6, 6.07) is 12.0. The van der Waals surface area contributed by atoms with Gasteiger partial charge in [-0.3, -0.25) is 4.79 Å². The Morgan fingerprint density at radius 2 is 1.71 bits per heavy atom. The average Bonchev–Trinajstić information content (AvgIpc) is 3.11. The van der Waals surface area contributed by atoms with E-state index >= 15 is 0 Å². The van der Waals surface area contributed by atoms with Crippen LogP contribution >= 0.6 is 11.8 Å². The Morgan fingerprint density at radius 1 is 1.09 bits per heavy atom. The molecule has 0 fully saturated rings. The zero-order valence-corrected chi connectivity index (χ0v) is 22.1. The van der Waals surface area contributed by atoms with Crippen molar-refractivity contribution in [3.05, 3.63) is 53.1 Å². The fraction of sp³-hybridized carbons (Fsp3) is 0.429. The number of carbonyl (C=O) groups excluding carboxylic acids is 1. The summed E-state index contributed by atoms with van der Waals surface area (Å²) in [7, 11) is 2.04. The van der Waals surface area contributed by atoms with Crippen LogP contribution in [0.25, 0.3) is 10.9 Å². The van der Waals surface area contributed by atoms with Crippen LogP contribution in [-0.4, -0.2) is 35.3 Å². The van der Waals surface area contributed by atoms with Gasteiger partial charge in [-0.25, -0.2) is 4.98 Å². The average molecular weight is 478 g/mol. The minimum atomic E-state index is -0.203. The van der Waals surface area contributed by atoms with Gasteiger partial charge in [0.1, 0.15) is 11.6 Å². The van der Waals surface area contributed by atoms with E-state index < -0.39 is 0 Å². The Bertz CT molecular complexity index is 1220. The van der Waals surface area contributed by atoms with Crippen molar-refractivity contribution in [3.8, 4) is 5.75 Å². The highest BCUT2D eigenvalue weighted by atomic mass is 32.2. The van der Waals surface area contributed by atoms with Crippen LogP contribution < -0.4 is 10.2 Å². The summed E-state index contributed by atoms with van der Waals surface area (Å²) in [5.74, 6) is 1.56. The van der Waals surface area contributed by atoms with E-state index in [2.05, 4.69) is 51.8 Å². The molecule has 0 radical (unpaired) electrons. The monoisotopic (exact) mass is 477 g/mol. The third kappa shape index (κ3) is 4.74. The van der Waals surface area contributed by atoms with E-state index in [0.29, 0.717) is 11.5 Å². The van der Waals surface area contributed by atoms with Crippen molar-refractivity contribution < 1.29 is 9.90 Å². The largest absolute Gasteiger partial charge is 0.507 e. The van der Waals surface area contributed by atoms with Crippen LogP contribution in [0.3, 0.4) is 0 Å². The Balaban J connectivity index is 1.61. The van der Waals surface area contributed by atoms with Gasteiger partial charge in [-0.05, 0) is 35.4 Å². The van der Waals surface area contributed by atoms with Gasteiger partial charge in [0.25, 0.3) is 0 Å². The molecule has 1 aliphatic rings. The first-order chi connectivity index (χ1) is 15.9. The molecule has 6 heteroatoms. The predicted octanol–water partition coefficient (Wildman–Crippen LogP) is 6.26. The van der Waals surface area contributed by atoms with Gasteiger partial charge in [-0.15, -0.1) is 11.8 Å². The molecule has 2 aromatic carbocycles. The number of fused-ring (bicyclic) bond motifs is 2. The fourth-order valence-electron chi connectivity index (χ4n) is 4.48. The van der Waals surface area contributed by atoms with Crippen LogP contribution in [-0.2, 0) is 22.0 Å². The molecule has 2 N–H and O–H groups in total. The molecule has 3 aromatic rings. The Kier molecular flexibility index (Phi) is 6.32. The summed E-state index contributed by atoms with van der Waals surface area (Å²) in [5.41, 5.74) is 4.28. The molecule has 5 nitrogen and oxygen atoms in total. The van der Waals surface area contributed by atoms with Crippen LogP contribution in [0.1, 0.15) is 58.2 Å². The van der Waals surface area contributed by atoms with Crippen molar-refractivity contribution in [1.82, 2.24) is 4.98 Å². The van der Waals surface area contributed by atoms with E-state index in [1.165, 1.54) is 11.8 Å². The number of likely N-dealkylation sites (N-methyl/N-ethyl adjacent to an activating group) is 1. The number of phenols is 1. The zero-order chi connectivity index (χ0) is 24.8. The predicted molar refractivity (Wildman–Crippen MR) is 144 cm³/mol. The van der Waals surface area contributed by atoms with Crippen molar-refractivity contribution in [2.24, 2.45) is 0 Å². The number of amides is 1. The highest BCUT2D eigenvalue weighted by Crippen LogP contribution is 2.42. The lowest BCUT2D eigenvalue weighted by molar-refractivity contribution is -0.113. The van der Waals surface area contributed by atoms with E-state index in [-0.39, 0.29) is 16.7 Å². The molecular weight excluding hydrogens is 442 g/mol. The number of nitrogens with zero attached hydrogens (tertiary/aromatic N) is 2. The number of para-hydroxylation sites is 1. The van der Waals surface area contributed by atoms with Crippen LogP contribution in [0.5, 0.6) is 5.75 Å². The highest BCUT2D eigenvalue weighted by molar-refractivity contribution is 8.00. The first-order valence-electron chi connectivity index (χ1n) is 11.8. The van der Waals surface area contributed by atoms with Crippen LogP contribution in [0.4, 0.5) is 11.5 Å². The lowest BCUT2D eigenvalue weighted by atomic mass is 9.79. The van der Waals surface area contributed by atoms with Gasteiger partial charge in [0.05, 0.1) is 17.0 Å². The standard InChI is InChI=1S/C28H35N3O2S/c1-27(2,3)20-14-17(15-21(25(20)33)28(4,5)6)34-16-23(32)30-24-18-10-8-9-11-22(18)29-26-19(24)12-13-31(26)7/h8-11,14-15,33H,12-13,16H2,1-7H3,(H,29,30,32). The molecule has 180 valence electrons. The number of pyridine rings is 1. The topological polar surface area (TPSA) is 65.5 Å². The molecule has 0 aliphatic carbocycles. The molecule has 0 saturated heterocycles. The minimum Gasteiger partial charge on any atom is -0.507 e. The number of rotatable bonds is 4. The van der Waals surface area contributed by atoms with Gasteiger partial charge in [0, 0.05) is 40.6 Å². The lowest BCUT2D eigenvalue weighted by Crippen LogP contribution is -2.18. The molecule has 2 heterocycles.